The van der Waals surface area contributed by atoms with E-state index >= 15 is 0 Å². The Kier molecular flexibility index (Phi) is 4.69. The lowest BCUT2D eigenvalue weighted by Gasteiger charge is -2.13. The quantitative estimate of drug-likeness (QED) is 0.472. The van der Waals surface area contributed by atoms with Gasteiger partial charge in [-0.1, -0.05) is 18.2 Å². The van der Waals surface area contributed by atoms with Crippen molar-refractivity contribution in [1.29, 1.82) is 0 Å². The molecule has 0 saturated carbocycles. The van der Waals surface area contributed by atoms with E-state index in [4.69, 9.17) is 0 Å². The van der Waals surface area contributed by atoms with Crippen molar-refractivity contribution in [3.05, 3.63) is 59.8 Å². The Morgan fingerprint density at radius 3 is 2.22 bits per heavy atom. The minimum absolute atomic E-state index is 0.200. The van der Waals surface area contributed by atoms with Crippen LogP contribution in [0.3, 0.4) is 0 Å². The van der Waals surface area contributed by atoms with Crippen LogP contribution in [0, 0.1) is 0 Å². The molecule has 0 bridgehead atoms. The van der Waals surface area contributed by atoms with Crippen LogP contribution < -0.4 is 0 Å². The maximum Gasteiger partial charge on any atom is 0.261 e. The zero-order valence-corrected chi connectivity index (χ0v) is 14.7. The number of hydrogen-bond acceptors (Lipinski definition) is 6. The standard InChI is InChI=1S/C19H18N6O2/c26-18-14-8-2-3-9-15(14)19(27)24(18)12-6-1-7-13-25-22-17(21-23-25)16-10-4-5-11-20-16/h2-5,8-11H,1,6-7,12-13H2. The second-order valence-corrected chi connectivity index (χ2v) is 6.29. The molecule has 2 amide bonds. The van der Waals surface area contributed by atoms with E-state index in [0.717, 1.165) is 19.3 Å². The first-order chi connectivity index (χ1) is 13.2. The molecule has 3 aromatic rings. The van der Waals surface area contributed by atoms with Crippen molar-refractivity contribution in [1.82, 2.24) is 30.1 Å². The van der Waals surface area contributed by atoms with E-state index in [2.05, 4.69) is 20.4 Å². The van der Waals surface area contributed by atoms with Gasteiger partial charge in [0.1, 0.15) is 5.69 Å². The number of aryl methyl sites for hydroxylation is 1. The number of tetrazole rings is 1. The molecule has 136 valence electrons. The molecule has 0 spiro atoms. The Labute approximate surface area is 155 Å². The number of carbonyl (C=O) groups excluding carboxylic acids is 2. The average Bonchev–Trinajstić information content (AvgIpc) is 3.27. The first kappa shape index (κ1) is 17.0. The van der Waals surface area contributed by atoms with Gasteiger partial charge in [-0.25, -0.2) is 0 Å². The largest absolute Gasteiger partial charge is 0.274 e. The van der Waals surface area contributed by atoms with Crippen molar-refractivity contribution in [3.63, 3.8) is 0 Å². The summed E-state index contributed by atoms with van der Waals surface area (Å²) in [4.78, 5) is 31.7. The summed E-state index contributed by atoms with van der Waals surface area (Å²) in [6, 6.07) is 12.5. The van der Waals surface area contributed by atoms with Crippen molar-refractivity contribution in [3.8, 4) is 11.5 Å². The monoisotopic (exact) mass is 362 g/mol. The fraction of sp³-hybridized carbons (Fsp3) is 0.263. The average molecular weight is 362 g/mol. The van der Waals surface area contributed by atoms with Gasteiger partial charge in [-0.3, -0.25) is 19.5 Å². The number of aromatic nitrogens is 5. The van der Waals surface area contributed by atoms with Crippen LogP contribution in [0.15, 0.2) is 48.7 Å². The van der Waals surface area contributed by atoms with E-state index in [0.29, 0.717) is 35.7 Å². The molecule has 3 heterocycles. The van der Waals surface area contributed by atoms with Crippen LogP contribution in [0.2, 0.25) is 0 Å². The van der Waals surface area contributed by atoms with Gasteiger partial charge in [-0.15, -0.1) is 10.2 Å². The highest BCUT2D eigenvalue weighted by Gasteiger charge is 2.34. The molecule has 0 aliphatic carbocycles. The zero-order valence-electron chi connectivity index (χ0n) is 14.7. The van der Waals surface area contributed by atoms with Crippen molar-refractivity contribution in [2.45, 2.75) is 25.8 Å². The van der Waals surface area contributed by atoms with Crippen molar-refractivity contribution >= 4 is 11.8 Å². The van der Waals surface area contributed by atoms with Crippen LogP contribution in [0.4, 0.5) is 0 Å². The SMILES string of the molecule is O=C1c2ccccc2C(=O)N1CCCCCn1nnc(-c2ccccn2)n1. The van der Waals surface area contributed by atoms with E-state index in [1.807, 2.05) is 18.2 Å². The van der Waals surface area contributed by atoms with Crippen LogP contribution in [0.25, 0.3) is 11.5 Å². The number of rotatable bonds is 7. The summed E-state index contributed by atoms with van der Waals surface area (Å²) in [6.07, 6.45) is 4.12. The highest BCUT2D eigenvalue weighted by Crippen LogP contribution is 2.22. The van der Waals surface area contributed by atoms with Gasteiger partial charge in [0.25, 0.3) is 11.8 Å². The van der Waals surface area contributed by atoms with Crippen LogP contribution in [0.5, 0.6) is 0 Å². The molecule has 1 aliphatic heterocycles. The molecular weight excluding hydrogens is 344 g/mol. The molecule has 0 radical (unpaired) electrons. The minimum Gasteiger partial charge on any atom is -0.274 e. The van der Waals surface area contributed by atoms with Gasteiger partial charge in [-0.05, 0) is 48.7 Å². The molecule has 4 rings (SSSR count). The highest BCUT2D eigenvalue weighted by molar-refractivity contribution is 6.21. The molecule has 1 aliphatic rings. The lowest BCUT2D eigenvalue weighted by atomic mass is 10.1. The minimum atomic E-state index is -0.200. The van der Waals surface area contributed by atoms with Gasteiger partial charge in [0.2, 0.25) is 5.82 Å². The maximum atomic E-state index is 12.3. The second kappa shape index (κ2) is 7.45. The van der Waals surface area contributed by atoms with E-state index < -0.39 is 0 Å². The second-order valence-electron chi connectivity index (χ2n) is 6.29. The number of pyridine rings is 1. The molecule has 0 atom stereocenters. The number of fused-ring (bicyclic) bond motifs is 1. The number of unbranched alkanes of at least 4 members (excludes halogenated alkanes) is 2. The van der Waals surface area contributed by atoms with Crippen molar-refractivity contribution < 1.29 is 9.59 Å². The van der Waals surface area contributed by atoms with Gasteiger partial charge in [0, 0.05) is 12.7 Å². The zero-order chi connectivity index (χ0) is 18.6. The maximum absolute atomic E-state index is 12.3. The van der Waals surface area contributed by atoms with Gasteiger partial charge in [-0.2, -0.15) is 4.80 Å². The van der Waals surface area contributed by atoms with Gasteiger partial charge in [0.15, 0.2) is 0 Å². The lowest BCUT2D eigenvalue weighted by molar-refractivity contribution is 0.0651. The van der Waals surface area contributed by atoms with Gasteiger partial charge in [0.05, 0.1) is 17.7 Å². The smallest absolute Gasteiger partial charge is 0.261 e. The molecule has 2 aromatic heterocycles. The number of amides is 2. The molecule has 8 heteroatoms. The summed E-state index contributed by atoms with van der Waals surface area (Å²) in [5, 5.41) is 12.4. The summed E-state index contributed by atoms with van der Waals surface area (Å²) < 4.78 is 0. The van der Waals surface area contributed by atoms with Crippen LogP contribution in [-0.2, 0) is 6.54 Å². The Morgan fingerprint density at radius 1 is 0.815 bits per heavy atom. The summed E-state index contributed by atoms with van der Waals surface area (Å²) in [5.41, 5.74) is 1.68. The van der Waals surface area contributed by atoms with Gasteiger partial charge < -0.3 is 0 Å². The number of carbonyl (C=O) groups is 2. The molecular formula is C19H18N6O2. The molecule has 0 saturated heterocycles. The van der Waals surface area contributed by atoms with Crippen LogP contribution >= 0.6 is 0 Å². The Hall–Kier alpha value is -3.42. The third-order valence-corrected chi connectivity index (χ3v) is 4.46. The van der Waals surface area contributed by atoms with E-state index in [1.54, 1.807) is 35.3 Å². The molecule has 0 fully saturated rings. The van der Waals surface area contributed by atoms with Crippen LogP contribution in [0.1, 0.15) is 40.0 Å². The van der Waals surface area contributed by atoms with E-state index in [9.17, 15) is 9.59 Å². The Bertz CT molecular complexity index is 934. The third kappa shape index (κ3) is 3.46. The Balaban J connectivity index is 1.24. The number of imide groups is 1. The molecule has 0 unspecified atom stereocenters. The van der Waals surface area contributed by atoms with Crippen molar-refractivity contribution in [2.24, 2.45) is 0 Å². The summed E-state index contributed by atoms with van der Waals surface area (Å²) >= 11 is 0. The molecule has 1 aromatic carbocycles. The fourth-order valence-electron chi connectivity index (χ4n) is 3.08. The predicted molar refractivity (Wildman–Crippen MR) is 96.7 cm³/mol. The first-order valence-corrected chi connectivity index (χ1v) is 8.88. The van der Waals surface area contributed by atoms with Gasteiger partial charge >= 0.3 is 0 Å². The van der Waals surface area contributed by atoms with E-state index in [1.165, 1.54) is 4.90 Å². The number of benzene rings is 1. The Morgan fingerprint density at radius 2 is 1.52 bits per heavy atom. The topological polar surface area (TPSA) is 93.9 Å². The highest BCUT2D eigenvalue weighted by atomic mass is 16.2. The summed E-state index contributed by atoms with van der Waals surface area (Å²) in [6.45, 7) is 1.05. The third-order valence-electron chi connectivity index (χ3n) is 4.46. The molecule has 8 nitrogen and oxygen atoms in total. The predicted octanol–water partition coefficient (Wildman–Crippen LogP) is 2.20. The first-order valence-electron chi connectivity index (χ1n) is 8.88. The molecule has 27 heavy (non-hydrogen) atoms. The van der Waals surface area contributed by atoms with E-state index in [-0.39, 0.29) is 11.8 Å². The number of hydrogen-bond donors (Lipinski definition) is 0. The van der Waals surface area contributed by atoms with Crippen molar-refractivity contribution in [2.75, 3.05) is 6.54 Å². The summed E-state index contributed by atoms with van der Waals surface area (Å²) in [5.74, 6) is 0.101. The fourth-order valence-corrected chi connectivity index (χ4v) is 3.08. The number of nitrogens with zero attached hydrogens (tertiary/aromatic N) is 6. The van der Waals surface area contributed by atoms with Crippen LogP contribution in [-0.4, -0.2) is 48.5 Å². The molecule has 0 N–H and O–H groups in total. The normalized spacial score (nSPS) is 13.3. The lowest BCUT2D eigenvalue weighted by Crippen LogP contribution is -2.30. The summed E-state index contributed by atoms with van der Waals surface area (Å²) in [7, 11) is 0.